The van der Waals surface area contributed by atoms with E-state index in [0.29, 0.717) is 6.42 Å². The molecule has 1 heterocycles. The molecule has 3 aromatic rings. The molecule has 0 amide bonds. The molecule has 0 saturated heterocycles. The lowest BCUT2D eigenvalue weighted by molar-refractivity contribution is -0.718. The summed E-state index contributed by atoms with van der Waals surface area (Å²) >= 11 is 0. The maximum atomic E-state index is 13.6. The fourth-order valence-corrected chi connectivity index (χ4v) is 4.28. The normalized spacial score (nSPS) is 19.0. The summed E-state index contributed by atoms with van der Waals surface area (Å²) in [4.78, 5) is 0. The quantitative estimate of drug-likeness (QED) is 0.542. The van der Waals surface area contributed by atoms with Crippen LogP contribution in [0.3, 0.4) is 0 Å². The van der Waals surface area contributed by atoms with Gasteiger partial charge in [-0.25, -0.2) is 8.78 Å². The third-order valence-corrected chi connectivity index (χ3v) is 5.91. The van der Waals surface area contributed by atoms with Crippen molar-refractivity contribution in [3.05, 3.63) is 58.7 Å². The minimum atomic E-state index is -2.53. The number of fused-ring (bicyclic) bond motifs is 1. The molecule has 1 unspecified atom stereocenters. The SMILES string of the molecule is Cc1cc(C)c(C)c(-c2cc3cc(C4CCC(F)(F)C4)ccc3n[n+]2C)c1. The van der Waals surface area contributed by atoms with Gasteiger partial charge in [0.2, 0.25) is 11.6 Å². The van der Waals surface area contributed by atoms with Crippen LogP contribution in [0.1, 0.15) is 47.4 Å². The van der Waals surface area contributed by atoms with E-state index < -0.39 is 5.92 Å². The van der Waals surface area contributed by atoms with Gasteiger partial charge in [-0.15, -0.1) is 0 Å². The van der Waals surface area contributed by atoms with Crippen LogP contribution in [-0.2, 0) is 7.05 Å². The van der Waals surface area contributed by atoms with E-state index in [1.165, 1.54) is 22.3 Å². The van der Waals surface area contributed by atoms with Gasteiger partial charge < -0.3 is 0 Å². The summed E-state index contributed by atoms with van der Waals surface area (Å²) in [5.41, 5.74) is 7.81. The highest BCUT2D eigenvalue weighted by atomic mass is 19.3. The average Bonchev–Trinajstić information content (AvgIpc) is 2.97. The van der Waals surface area contributed by atoms with Crippen molar-refractivity contribution in [3.8, 4) is 11.3 Å². The van der Waals surface area contributed by atoms with Crippen molar-refractivity contribution in [1.29, 1.82) is 0 Å². The Morgan fingerprint density at radius 2 is 1.85 bits per heavy atom. The molecule has 2 aromatic carbocycles. The van der Waals surface area contributed by atoms with Crippen LogP contribution in [0.5, 0.6) is 0 Å². The minimum absolute atomic E-state index is 0.00921. The predicted octanol–water partition coefficient (Wildman–Crippen LogP) is 5.55. The van der Waals surface area contributed by atoms with Gasteiger partial charge in [-0.2, -0.15) is 0 Å². The molecule has 1 saturated carbocycles. The molecule has 27 heavy (non-hydrogen) atoms. The smallest absolute Gasteiger partial charge is 0.207 e. The second-order valence-corrected chi connectivity index (χ2v) is 8.02. The van der Waals surface area contributed by atoms with Crippen molar-refractivity contribution in [2.45, 2.75) is 51.9 Å². The molecule has 2 nitrogen and oxygen atoms in total. The summed E-state index contributed by atoms with van der Waals surface area (Å²) in [5.74, 6) is -2.59. The molecule has 0 aliphatic heterocycles. The molecule has 0 spiro atoms. The number of halogens is 2. The first-order chi connectivity index (χ1) is 12.7. The number of benzene rings is 2. The van der Waals surface area contributed by atoms with Gasteiger partial charge in [0.1, 0.15) is 5.52 Å². The molecular formula is C23H25F2N2+. The van der Waals surface area contributed by atoms with Crippen LogP contribution in [0.4, 0.5) is 8.78 Å². The highest BCUT2D eigenvalue weighted by Gasteiger charge is 2.40. The topological polar surface area (TPSA) is 16.8 Å². The third-order valence-electron chi connectivity index (χ3n) is 5.91. The molecule has 1 aromatic heterocycles. The fraction of sp³-hybridized carbons (Fsp3) is 0.391. The molecule has 4 heteroatoms. The summed E-state index contributed by atoms with van der Waals surface area (Å²) < 4.78 is 29.2. The summed E-state index contributed by atoms with van der Waals surface area (Å²) in [6.45, 7) is 6.35. The van der Waals surface area contributed by atoms with E-state index in [1.54, 1.807) is 0 Å². The third kappa shape index (κ3) is 3.33. The van der Waals surface area contributed by atoms with Crippen LogP contribution in [-0.4, -0.2) is 11.0 Å². The molecular weight excluding hydrogens is 342 g/mol. The second-order valence-electron chi connectivity index (χ2n) is 8.02. The standard InChI is InChI=1S/C23H25F2N2/c1-14-9-15(2)16(3)20(10-14)22-12-19-11-17(5-6-21(19)26-27(22)4)18-7-8-23(24,25)13-18/h5-6,9-12,18H,7-8,13H2,1-4H3/q+1. The zero-order valence-corrected chi connectivity index (χ0v) is 16.3. The Morgan fingerprint density at radius 1 is 1.07 bits per heavy atom. The highest BCUT2D eigenvalue weighted by Crippen LogP contribution is 2.44. The molecule has 0 radical (unpaired) electrons. The van der Waals surface area contributed by atoms with Gasteiger partial charge in [0.05, 0.1) is 5.56 Å². The van der Waals surface area contributed by atoms with Gasteiger partial charge in [0.25, 0.3) is 0 Å². The van der Waals surface area contributed by atoms with Gasteiger partial charge in [-0.1, -0.05) is 22.4 Å². The predicted molar refractivity (Wildman–Crippen MR) is 104 cm³/mol. The van der Waals surface area contributed by atoms with Gasteiger partial charge >= 0.3 is 0 Å². The first-order valence-electron chi connectivity index (χ1n) is 9.50. The lowest BCUT2D eigenvalue weighted by Crippen LogP contribution is -2.35. The highest BCUT2D eigenvalue weighted by molar-refractivity contribution is 5.82. The fourth-order valence-electron chi connectivity index (χ4n) is 4.28. The molecule has 1 aliphatic carbocycles. The minimum Gasteiger partial charge on any atom is -0.207 e. The number of aryl methyl sites for hydroxylation is 3. The van der Waals surface area contributed by atoms with E-state index in [4.69, 9.17) is 5.10 Å². The molecule has 0 N–H and O–H groups in total. The molecule has 4 rings (SSSR count). The van der Waals surface area contributed by atoms with Crippen LogP contribution in [0.2, 0.25) is 0 Å². The molecule has 1 fully saturated rings. The van der Waals surface area contributed by atoms with E-state index in [2.05, 4.69) is 45.0 Å². The summed E-state index contributed by atoms with van der Waals surface area (Å²) in [6, 6.07) is 12.5. The maximum absolute atomic E-state index is 13.6. The Hall–Kier alpha value is -2.36. The van der Waals surface area contributed by atoms with Crippen LogP contribution in [0.15, 0.2) is 36.4 Å². The average molecular weight is 367 g/mol. The Bertz CT molecular complexity index is 1040. The number of alkyl halides is 2. The summed E-state index contributed by atoms with van der Waals surface area (Å²) in [6.07, 6.45) is 0.496. The summed E-state index contributed by atoms with van der Waals surface area (Å²) in [7, 11) is 1.96. The van der Waals surface area contributed by atoms with E-state index in [1.807, 2.05) is 23.9 Å². The zero-order valence-electron chi connectivity index (χ0n) is 16.3. The Balaban J connectivity index is 1.83. The van der Waals surface area contributed by atoms with Crippen LogP contribution in [0.25, 0.3) is 22.2 Å². The van der Waals surface area contributed by atoms with Crippen molar-refractivity contribution in [2.75, 3.05) is 0 Å². The van der Waals surface area contributed by atoms with Gasteiger partial charge in [-0.3, -0.25) is 0 Å². The molecule has 140 valence electrons. The Kier molecular flexibility index (Phi) is 4.25. The zero-order chi connectivity index (χ0) is 19.3. The van der Waals surface area contributed by atoms with Gasteiger partial charge in [-0.05, 0) is 68.0 Å². The number of hydrogen-bond acceptors (Lipinski definition) is 1. The van der Waals surface area contributed by atoms with Crippen molar-refractivity contribution in [2.24, 2.45) is 7.05 Å². The number of aromatic nitrogens is 2. The maximum Gasteiger partial charge on any atom is 0.248 e. The number of rotatable bonds is 2. The molecule has 1 atom stereocenters. The van der Waals surface area contributed by atoms with E-state index >= 15 is 0 Å². The van der Waals surface area contributed by atoms with E-state index in [9.17, 15) is 8.78 Å². The van der Waals surface area contributed by atoms with Crippen molar-refractivity contribution in [3.63, 3.8) is 0 Å². The Labute approximate surface area is 158 Å². The monoisotopic (exact) mass is 367 g/mol. The van der Waals surface area contributed by atoms with Crippen LogP contribution in [0, 0.1) is 20.8 Å². The lowest BCUT2D eigenvalue weighted by Gasteiger charge is -2.12. The van der Waals surface area contributed by atoms with Crippen molar-refractivity contribution in [1.82, 2.24) is 5.10 Å². The molecule has 0 bridgehead atoms. The Morgan fingerprint density at radius 3 is 2.56 bits per heavy atom. The van der Waals surface area contributed by atoms with E-state index in [-0.39, 0.29) is 18.8 Å². The van der Waals surface area contributed by atoms with Crippen molar-refractivity contribution < 1.29 is 13.5 Å². The summed E-state index contributed by atoms with van der Waals surface area (Å²) in [5, 5.41) is 5.73. The number of hydrogen-bond donors (Lipinski definition) is 0. The van der Waals surface area contributed by atoms with Crippen molar-refractivity contribution >= 4 is 10.9 Å². The largest absolute Gasteiger partial charge is 0.248 e. The first kappa shape index (κ1) is 18.0. The molecule has 1 aliphatic rings. The number of nitrogens with zero attached hydrogens (tertiary/aromatic N) is 2. The lowest BCUT2D eigenvalue weighted by atomic mass is 9.94. The van der Waals surface area contributed by atoms with Gasteiger partial charge in [0, 0.05) is 29.4 Å². The first-order valence-corrected chi connectivity index (χ1v) is 9.50. The van der Waals surface area contributed by atoms with Crippen LogP contribution < -0.4 is 4.68 Å². The second kappa shape index (κ2) is 6.36. The van der Waals surface area contributed by atoms with Crippen LogP contribution >= 0.6 is 0 Å². The van der Waals surface area contributed by atoms with E-state index in [0.717, 1.165) is 22.2 Å². The van der Waals surface area contributed by atoms with Gasteiger partial charge in [0.15, 0.2) is 7.05 Å².